The minimum Gasteiger partial charge on any atom is -0.457 e. The highest BCUT2D eigenvalue weighted by Crippen LogP contribution is 2.35. The zero-order valence-corrected chi connectivity index (χ0v) is 17.2. The van der Waals surface area contributed by atoms with E-state index in [0.29, 0.717) is 32.9 Å². The lowest BCUT2D eigenvalue weighted by Crippen LogP contribution is -2.30. The number of thiocarbonyl (C=S) groups is 1. The van der Waals surface area contributed by atoms with Crippen molar-refractivity contribution >= 4 is 40.3 Å². The smallest absolute Gasteiger partial charge is 0.416 e. The molecule has 8 heteroatoms. The molecule has 0 radical (unpaired) electrons. The van der Waals surface area contributed by atoms with Gasteiger partial charge in [-0.15, -0.1) is 0 Å². The van der Waals surface area contributed by atoms with Gasteiger partial charge in [-0.1, -0.05) is 54.3 Å². The van der Waals surface area contributed by atoms with Crippen molar-refractivity contribution in [2.45, 2.75) is 19.0 Å². The molecule has 2 aromatic rings. The number of rotatable bonds is 4. The number of halogens is 3. The van der Waals surface area contributed by atoms with Gasteiger partial charge in [0.25, 0.3) is 5.91 Å². The lowest BCUT2D eigenvalue weighted by Gasteiger charge is -2.16. The number of allylic oxidation sites excluding steroid dienone is 2. The van der Waals surface area contributed by atoms with Crippen LogP contribution >= 0.6 is 24.0 Å². The molecule has 0 atom stereocenters. The highest BCUT2D eigenvalue weighted by atomic mass is 32.2. The Hall–Kier alpha value is -2.58. The van der Waals surface area contributed by atoms with E-state index in [0.717, 1.165) is 30.5 Å². The van der Waals surface area contributed by atoms with Gasteiger partial charge in [-0.25, -0.2) is 0 Å². The Morgan fingerprint density at radius 3 is 2.77 bits per heavy atom. The predicted molar refractivity (Wildman–Crippen MR) is 115 cm³/mol. The molecule has 1 amide bonds. The van der Waals surface area contributed by atoms with Gasteiger partial charge >= 0.3 is 6.18 Å². The standard InChI is InChI=1S/C22H16F3NO2S2/c23-22(24,25)16-8-4-7-15(11-16)18-10-9-17(28-18)12-19-20(27)26(21(29)30-19)13-14-5-2-1-3-6-14/h2,4-12H,1,3,13H2/b19-12-. The maximum absolute atomic E-state index is 12.9. The molecular weight excluding hydrogens is 431 g/mol. The van der Waals surface area contributed by atoms with E-state index in [1.165, 1.54) is 17.8 Å². The van der Waals surface area contributed by atoms with E-state index < -0.39 is 11.7 Å². The van der Waals surface area contributed by atoms with E-state index in [9.17, 15) is 18.0 Å². The van der Waals surface area contributed by atoms with Crippen LogP contribution < -0.4 is 0 Å². The number of amides is 1. The van der Waals surface area contributed by atoms with Crippen molar-refractivity contribution in [1.29, 1.82) is 0 Å². The van der Waals surface area contributed by atoms with Gasteiger partial charge in [-0.2, -0.15) is 13.2 Å². The zero-order valence-electron chi connectivity index (χ0n) is 15.6. The summed E-state index contributed by atoms with van der Waals surface area (Å²) in [5.41, 5.74) is 0.613. The Labute approximate surface area is 180 Å². The molecule has 0 saturated carbocycles. The first-order valence-electron chi connectivity index (χ1n) is 9.20. The average Bonchev–Trinajstić information content (AvgIpc) is 3.29. The molecule has 0 N–H and O–H groups in total. The summed E-state index contributed by atoms with van der Waals surface area (Å²) in [6.07, 6.45) is 5.25. The van der Waals surface area contributed by atoms with E-state index in [-0.39, 0.29) is 5.91 Å². The number of hydrogen-bond donors (Lipinski definition) is 0. The van der Waals surface area contributed by atoms with E-state index in [4.69, 9.17) is 16.6 Å². The first kappa shape index (κ1) is 20.7. The van der Waals surface area contributed by atoms with E-state index in [2.05, 4.69) is 12.2 Å². The van der Waals surface area contributed by atoms with Crippen LogP contribution in [0.3, 0.4) is 0 Å². The first-order chi connectivity index (χ1) is 14.3. The molecule has 1 saturated heterocycles. The fourth-order valence-corrected chi connectivity index (χ4v) is 4.40. The molecule has 0 bridgehead atoms. The molecule has 1 aromatic carbocycles. The van der Waals surface area contributed by atoms with Crippen molar-refractivity contribution in [2.75, 3.05) is 6.54 Å². The third kappa shape index (κ3) is 4.44. The van der Waals surface area contributed by atoms with Crippen LogP contribution in [0, 0.1) is 0 Å². The van der Waals surface area contributed by atoms with Crippen LogP contribution in [-0.2, 0) is 11.0 Å². The maximum atomic E-state index is 12.9. The van der Waals surface area contributed by atoms with E-state index in [1.807, 2.05) is 6.08 Å². The van der Waals surface area contributed by atoms with Crippen molar-refractivity contribution in [3.05, 3.63) is 76.4 Å². The van der Waals surface area contributed by atoms with Crippen LogP contribution in [0.4, 0.5) is 13.2 Å². The Bertz CT molecular complexity index is 1100. The SMILES string of the molecule is O=C1/C(=C/c2ccc(-c3cccc(C(F)(F)F)c3)o2)SC(=S)N1CC1=CCCC=C1. The van der Waals surface area contributed by atoms with E-state index in [1.54, 1.807) is 29.2 Å². The van der Waals surface area contributed by atoms with Gasteiger partial charge in [-0.05, 0) is 42.7 Å². The number of nitrogens with zero attached hydrogens (tertiary/aromatic N) is 1. The molecule has 1 aliphatic carbocycles. The van der Waals surface area contributed by atoms with Gasteiger partial charge in [0.15, 0.2) is 0 Å². The molecule has 0 spiro atoms. The van der Waals surface area contributed by atoms with Crippen molar-refractivity contribution < 1.29 is 22.4 Å². The molecule has 1 aromatic heterocycles. The molecule has 1 aliphatic heterocycles. The molecule has 2 aliphatic rings. The normalized spacial score (nSPS) is 18.4. The van der Waals surface area contributed by atoms with Gasteiger partial charge < -0.3 is 4.42 Å². The van der Waals surface area contributed by atoms with Gasteiger partial charge in [-0.3, -0.25) is 9.69 Å². The Morgan fingerprint density at radius 1 is 1.20 bits per heavy atom. The first-order valence-corrected chi connectivity index (χ1v) is 10.4. The summed E-state index contributed by atoms with van der Waals surface area (Å²) in [5.74, 6) is 0.460. The predicted octanol–water partition coefficient (Wildman–Crippen LogP) is 6.44. The number of thioether (sulfide) groups is 1. The minimum atomic E-state index is -4.43. The van der Waals surface area contributed by atoms with Crippen molar-refractivity contribution in [1.82, 2.24) is 4.90 Å². The van der Waals surface area contributed by atoms with Crippen LogP contribution in [-0.4, -0.2) is 21.7 Å². The van der Waals surface area contributed by atoms with Gasteiger partial charge in [0.2, 0.25) is 0 Å². The summed E-state index contributed by atoms with van der Waals surface area (Å²) in [6, 6.07) is 8.12. The largest absolute Gasteiger partial charge is 0.457 e. The number of carbonyl (C=O) groups is 1. The van der Waals surface area contributed by atoms with Gasteiger partial charge in [0.05, 0.1) is 17.0 Å². The summed E-state index contributed by atoms with van der Waals surface area (Å²) in [5, 5.41) is 0. The fourth-order valence-electron chi connectivity index (χ4n) is 3.17. The lowest BCUT2D eigenvalue weighted by atomic mass is 10.1. The summed E-state index contributed by atoms with van der Waals surface area (Å²) in [4.78, 5) is 14.7. The number of carbonyl (C=O) groups excluding carboxylic acids is 1. The van der Waals surface area contributed by atoms with Gasteiger partial charge in [0.1, 0.15) is 15.8 Å². The maximum Gasteiger partial charge on any atom is 0.416 e. The Morgan fingerprint density at radius 2 is 2.03 bits per heavy atom. The molecule has 0 unspecified atom stereocenters. The van der Waals surface area contributed by atoms with Crippen molar-refractivity contribution in [3.8, 4) is 11.3 Å². The molecule has 3 nitrogen and oxygen atoms in total. The highest BCUT2D eigenvalue weighted by Gasteiger charge is 2.33. The number of hydrogen-bond acceptors (Lipinski definition) is 4. The Balaban J connectivity index is 1.53. The average molecular weight is 448 g/mol. The molecular formula is C22H16F3NO2S2. The van der Waals surface area contributed by atoms with Crippen LogP contribution in [0.25, 0.3) is 17.4 Å². The summed E-state index contributed by atoms with van der Waals surface area (Å²) < 4.78 is 45.0. The number of alkyl halides is 3. The van der Waals surface area contributed by atoms with Crippen LogP contribution in [0.1, 0.15) is 24.2 Å². The van der Waals surface area contributed by atoms with Crippen molar-refractivity contribution in [2.24, 2.45) is 0 Å². The quantitative estimate of drug-likeness (QED) is 0.399. The second-order valence-electron chi connectivity index (χ2n) is 6.81. The zero-order chi connectivity index (χ0) is 21.3. The van der Waals surface area contributed by atoms with Crippen molar-refractivity contribution in [3.63, 3.8) is 0 Å². The summed E-state index contributed by atoms with van der Waals surface area (Å²) >= 11 is 6.53. The molecule has 30 heavy (non-hydrogen) atoms. The molecule has 2 heterocycles. The van der Waals surface area contributed by atoms with Crippen LogP contribution in [0.2, 0.25) is 0 Å². The van der Waals surface area contributed by atoms with E-state index >= 15 is 0 Å². The second kappa shape index (κ2) is 8.28. The monoisotopic (exact) mass is 447 g/mol. The molecule has 1 fully saturated rings. The van der Waals surface area contributed by atoms with Crippen LogP contribution in [0.5, 0.6) is 0 Å². The third-order valence-corrected chi connectivity index (χ3v) is 6.04. The highest BCUT2D eigenvalue weighted by molar-refractivity contribution is 8.26. The number of benzene rings is 1. The van der Waals surface area contributed by atoms with Gasteiger partial charge in [0, 0.05) is 11.6 Å². The minimum absolute atomic E-state index is 0.207. The lowest BCUT2D eigenvalue weighted by molar-refractivity contribution is -0.137. The molecule has 154 valence electrons. The fraction of sp³-hybridized carbons (Fsp3) is 0.182. The van der Waals surface area contributed by atoms with Crippen LogP contribution in [0.15, 0.2) is 69.5 Å². The third-order valence-electron chi connectivity index (χ3n) is 4.66. The topological polar surface area (TPSA) is 33.5 Å². The number of furan rings is 1. The second-order valence-corrected chi connectivity index (χ2v) is 8.48. The molecule has 4 rings (SSSR count). The summed E-state index contributed by atoms with van der Waals surface area (Å²) in [7, 11) is 0. The summed E-state index contributed by atoms with van der Waals surface area (Å²) in [6.45, 7) is 0.423. The Kier molecular flexibility index (Phi) is 5.71.